The summed E-state index contributed by atoms with van der Waals surface area (Å²) in [5, 5.41) is 19.9. The molecule has 2 aromatic rings. The molecule has 0 saturated heterocycles. The topological polar surface area (TPSA) is 115 Å². The number of nitrogens with one attached hydrogen (secondary N) is 1. The van der Waals surface area contributed by atoms with Gasteiger partial charge in [-0.3, -0.25) is 10.1 Å². The SMILES string of the molecule is CC(Nc1ccc(S(N)(=O)=O)cc1[N+](=O)[O-])c1ccc(Cl)c(Cl)c1. The summed E-state index contributed by atoms with van der Waals surface area (Å²) in [5.41, 5.74) is 0.522. The summed E-state index contributed by atoms with van der Waals surface area (Å²) in [4.78, 5) is 10.2. The first-order valence-electron chi connectivity index (χ1n) is 6.62. The number of nitro groups is 1. The predicted octanol–water partition coefficient (Wildman–Crippen LogP) is 3.72. The van der Waals surface area contributed by atoms with Crippen molar-refractivity contribution in [3.8, 4) is 0 Å². The van der Waals surface area contributed by atoms with Crippen molar-refractivity contribution in [1.29, 1.82) is 0 Å². The van der Waals surface area contributed by atoms with Gasteiger partial charge in [-0.05, 0) is 36.8 Å². The van der Waals surface area contributed by atoms with Gasteiger partial charge in [-0.25, -0.2) is 13.6 Å². The van der Waals surface area contributed by atoms with Gasteiger partial charge in [-0.1, -0.05) is 29.3 Å². The number of nitrogens with two attached hydrogens (primary N) is 1. The highest BCUT2D eigenvalue weighted by Crippen LogP contribution is 2.32. The van der Waals surface area contributed by atoms with E-state index in [1.54, 1.807) is 25.1 Å². The molecule has 0 amide bonds. The van der Waals surface area contributed by atoms with E-state index in [-0.39, 0.29) is 16.6 Å². The first-order chi connectivity index (χ1) is 11.1. The van der Waals surface area contributed by atoms with Crippen molar-refractivity contribution in [3.05, 3.63) is 62.1 Å². The monoisotopic (exact) mass is 389 g/mol. The number of anilines is 1. The van der Waals surface area contributed by atoms with Gasteiger partial charge in [0.1, 0.15) is 5.69 Å². The number of halogens is 2. The van der Waals surface area contributed by atoms with E-state index in [2.05, 4.69) is 5.32 Å². The summed E-state index contributed by atoms with van der Waals surface area (Å²) in [6.07, 6.45) is 0. The Morgan fingerprint density at radius 3 is 2.38 bits per heavy atom. The minimum atomic E-state index is -4.03. The molecule has 0 aliphatic carbocycles. The maximum Gasteiger partial charge on any atom is 0.293 e. The van der Waals surface area contributed by atoms with E-state index >= 15 is 0 Å². The number of nitrogens with zero attached hydrogens (tertiary/aromatic N) is 1. The number of sulfonamides is 1. The van der Waals surface area contributed by atoms with E-state index in [1.165, 1.54) is 12.1 Å². The van der Waals surface area contributed by atoms with Crippen LogP contribution in [-0.2, 0) is 10.0 Å². The summed E-state index contributed by atoms with van der Waals surface area (Å²) in [6, 6.07) is 8.08. The second-order valence-corrected chi connectivity index (χ2v) is 7.40. The minimum absolute atomic E-state index is 0.158. The van der Waals surface area contributed by atoms with E-state index in [9.17, 15) is 18.5 Å². The Morgan fingerprint density at radius 1 is 1.17 bits per heavy atom. The number of hydrogen-bond acceptors (Lipinski definition) is 5. The Labute approximate surface area is 148 Å². The summed E-state index contributed by atoms with van der Waals surface area (Å²) < 4.78 is 22.7. The van der Waals surface area contributed by atoms with Gasteiger partial charge in [0.05, 0.1) is 19.9 Å². The molecule has 0 aromatic heterocycles. The molecule has 0 aliphatic heterocycles. The lowest BCUT2D eigenvalue weighted by Gasteiger charge is -2.16. The molecule has 0 spiro atoms. The van der Waals surface area contributed by atoms with E-state index in [0.717, 1.165) is 11.6 Å². The van der Waals surface area contributed by atoms with Crippen molar-refractivity contribution in [2.24, 2.45) is 5.14 Å². The molecular weight excluding hydrogens is 377 g/mol. The maximum absolute atomic E-state index is 11.3. The van der Waals surface area contributed by atoms with Gasteiger partial charge in [0.2, 0.25) is 10.0 Å². The lowest BCUT2D eigenvalue weighted by atomic mass is 10.1. The van der Waals surface area contributed by atoms with Crippen LogP contribution in [0.25, 0.3) is 0 Å². The molecule has 2 rings (SSSR count). The first-order valence-corrected chi connectivity index (χ1v) is 8.92. The number of rotatable bonds is 5. The van der Waals surface area contributed by atoms with Crippen LogP contribution in [0.2, 0.25) is 10.0 Å². The van der Waals surface area contributed by atoms with Crippen LogP contribution < -0.4 is 10.5 Å². The molecule has 0 fully saturated rings. The lowest BCUT2D eigenvalue weighted by Crippen LogP contribution is -2.13. The normalized spacial score (nSPS) is 12.7. The summed E-state index contributed by atoms with van der Waals surface area (Å²) >= 11 is 11.8. The zero-order valence-electron chi connectivity index (χ0n) is 12.4. The second-order valence-electron chi connectivity index (χ2n) is 5.02. The van der Waals surface area contributed by atoms with Crippen LogP contribution in [0.4, 0.5) is 11.4 Å². The van der Waals surface area contributed by atoms with E-state index in [0.29, 0.717) is 10.0 Å². The molecule has 0 heterocycles. The molecule has 7 nitrogen and oxygen atoms in total. The molecule has 0 aliphatic rings. The highest BCUT2D eigenvalue weighted by Gasteiger charge is 2.20. The molecule has 1 unspecified atom stereocenters. The zero-order chi connectivity index (χ0) is 18.1. The molecule has 10 heteroatoms. The van der Waals surface area contributed by atoms with Crippen molar-refractivity contribution < 1.29 is 13.3 Å². The third-order valence-corrected chi connectivity index (χ3v) is 4.96. The van der Waals surface area contributed by atoms with Crippen LogP contribution in [0.3, 0.4) is 0 Å². The molecule has 0 bridgehead atoms. The Kier molecular flexibility index (Phi) is 5.34. The summed E-state index contributed by atoms with van der Waals surface area (Å²) in [6.45, 7) is 1.77. The van der Waals surface area contributed by atoms with Crippen molar-refractivity contribution in [1.82, 2.24) is 0 Å². The third-order valence-electron chi connectivity index (χ3n) is 3.31. The van der Waals surface area contributed by atoms with Gasteiger partial charge in [-0.2, -0.15) is 0 Å². The predicted molar refractivity (Wildman–Crippen MR) is 93.0 cm³/mol. The summed E-state index contributed by atoms with van der Waals surface area (Å²) in [7, 11) is -4.03. The van der Waals surface area contributed by atoms with Crippen LogP contribution in [-0.4, -0.2) is 13.3 Å². The number of hydrogen-bond donors (Lipinski definition) is 2. The fourth-order valence-corrected chi connectivity index (χ4v) is 2.90. The smallest absolute Gasteiger partial charge is 0.293 e. The first kappa shape index (κ1) is 18.5. The Morgan fingerprint density at radius 2 is 1.83 bits per heavy atom. The Hall–Kier alpha value is -1.87. The summed E-state index contributed by atoms with van der Waals surface area (Å²) in [5.74, 6) is 0. The fraction of sp³-hybridized carbons (Fsp3) is 0.143. The molecule has 0 radical (unpaired) electrons. The van der Waals surface area contributed by atoms with Crippen molar-refractivity contribution in [2.45, 2.75) is 17.9 Å². The largest absolute Gasteiger partial charge is 0.373 e. The Balaban J connectivity index is 2.38. The lowest BCUT2D eigenvalue weighted by molar-refractivity contribution is -0.384. The van der Waals surface area contributed by atoms with Crippen molar-refractivity contribution in [2.75, 3.05) is 5.32 Å². The van der Waals surface area contributed by atoms with Gasteiger partial charge in [0.15, 0.2) is 0 Å². The number of nitro benzene ring substituents is 1. The van der Waals surface area contributed by atoms with Gasteiger partial charge in [0, 0.05) is 12.1 Å². The minimum Gasteiger partial charge on any atom is -0.373 e. The average molecular weight is 390 g/mol. The molecular formula is C14H13Cl2N3O4S. The van der Waals surface area contributed by atoms with Crippen LogP contribution in [0.5, 0.6) is 0 Å². The van der Waals surface area contributed by atoms with Gasteiger partial charge in [0.25, 0.3) is 5.69 Å². The number of benzene rings is 2. The molecule has 1 atom stereocenters. The average Bonchev–Trinajstić information content (AvgIpc) is 2.49. The fourth-order valence-electron chi connectivity index (χ4n) is 2.06. The maximum atomic E-state index is 11.3. The van der Waals surface area contributed by atoms with Crippen LogP contribution in [0.1, 0.15) is 18.5 Å². The highest BCUT2D eigenvalue weighted by molar-refractivity contribution is 7.89. The molecule has 24 heavy (non-hydrogen) atoms. The van der Waals surface area contributed by atoms with Crippen LogP contribution in [0.15, 0.2) is 41.3 Å². The quantitative estimate of drug-likeness (QED) is 0.596. The third kappa shape index (κ3) is 4.15. The highest BCUT2D eigenvalue weighted by atomic mass is 35.5. The van der Waals surface area contributed by atoms with Gasteiger partial charge >= 0.3 is 0 Å². The zero-order valence-corrected chi connectivity index (χ0v) is 14.7. The van der Waals surface area contributed by atoms with Gasteiger partial charge < -0.3 is 5.32 Å². The molecule has 3 N–H and O–H groups in total. The van der Waals surface area contributed by atoms with Crippen LogP contribution >= 0.6 is 23.2 Å². The van der Waals surface area contributed by atoms with E-state index in [4.69, 9.17) is 28.3 Å². The van der Waals surface area contributed by atoms with Gasteiger partial charge in [-0.15, -0.1) is 0 Å². The van der Waals surface area contributed by atoms with Crippen molar-refractivity contribution >= 4 is 44.6 Å². The Bertz CT molecular complexity index is 903. The standard InChI is InChI=1S/C14H13Cl2N3O4S/c1-8(9-2-4-11(15)12(16)6-9)18-13-5-3-10(24(17,22)23)7-14(13)19(20)21/h2-8,18H,1H3,(H2,17,22,23). The van der Waals surface area contributed by atoms with Crippen LogP contribution in [0, 0.1) is 10.1 Å². The number of primary sulfonamides is 1. The van der Waals surface area contributed by atoms with E-state index in [1.807, 2.05) is 0 Å². The molecule has 0 saturated carbocycles. The molecule has 128 valence electrons. The second kappa shape index (κ2) is 6.94. The molecule has 2 aromatic carbocycles. The van der Waals surface area contributed by atoms with E-state index < -0.39 is 20.6 Å². The van der Waals surface area contributed by atoms with Crippen molar-refractivity contribution in [3.63, 3.8) is 0 Å².